The van der Waals surface area contributed by atoms with Crippen LogP contribution in [0.5, 0.6) is 0 Å². The lowest BCUT2D eigenvalue weighted by molar-refractivity contribution is -0.122. The fraction of sp³-hybridized carbons (Fsp3) is 0.200. The minimum atomic E-state index is -1.47. The lowest BCUT2D eigenvalue weighted by Gasteiger charge is -2.34. The maximum absolute atomic E-state index is 12.4. The molecule has 6 heteroatoms. The van der Waals surface area contributed by atoms with Gasteiger partial charge in [-0.05, 0) is 28.8 Å². The Balaban J connectivity index is 2.01. The predicted octanol–water partition coefficient (Wildman–Crippen LogP) is 2.09. The molecular formula is C20H15N5O. The van der Waals surface area contributed by atoms with Crippen molar-refractivity contribution in [3.05, 3.63) is 71.7 Å². The number of nitrogens with zero attached hydrogens (tertiary/aromatic N) is 4. The van der Waals surface area contributed by atoms with E-state index in [-0.39, 0.29) is 0 Å². The summed E-state index contributed by atoms with van der Waals surface area (Å²) in [6, 6.07) is 14.2. The molecule has 1 saturated heterocycles. The first kappa shape index (κ1) is 15.9. The number of primary amides is 1. The summed E-state index contributed by atoms with van der Waals surface area (Å²) in [6.07, 6.45) is 6.86. The molecule has 2 aromatic rings. The number of nitrogens with two attached hydrogens (primary N) is 1. The monoisotopic (exact) mass is 341 g/mol. The zero-order chi connectivity index (χ0) is 18.3. The van der Waals surface area contributed by atoms with E-state index < -0.39 is 29.3 Å². The van der Waals surface area contributed by atoms with E-state index in [0.717, 1.165) is 11.1 Å². The van der Waals surface area contributed by atoms with Crippen LogP contribution < -0.4 is 5.73 Å². The van der Waals surface area contributed by atoms with E-state index in [2.05, 4.69) is 17.1 Å². The zero-order valence-corrected chi connectivity index (χ0v) is 13.8. The maximum atomic E-state index is 12.4. The molecule has 0 aliphatic carbocycles. The average molecular weight is 341 g/mol. The molecule has 6 nitrogen and oxygen atoms in total. The van der Waals surface area contributed by atoms with Gasteiger partial charge in [-0.2, -0.15) is 10.5 Å². The summed E-state index contributed by atoms with van der Waals surface area (Å²) in [4.78, 5) is 18.2. The number of benzene rings is 1. The van der Waals surface area contributed by atoms with Crippen LogP contribution >= 0.6 is 0 Å². The number of hydrogen-bond donors (Lipinski definition) is 1. The first-order chi connectivity index (χ1) is 12.6. The molecule has 0 unspecified atom stereocenters. The summed E-state index contributed by atoms with van der Waals surface area (Å²) < 4.78 is 0. The van der Waals surface area contributed by atoms with Crippen LogP contribution in [0.2, 0.25) is 0 Å². The molecule has 4 rings (SSSR count). The summed E-state index contributed by atoms with van der Waals surface area (Å²) in [5, 5.41) is 20.2. The van der Waals surface area contributed by atoms with E-state index in [4.69, 9.17) is 5.73 Å². The molecule has 3 heterocycles. The maximum Gasteiger partial charge on any atom is 0.240 e. The number of carbonyl (C=O) groups excluding carboxylic acids is 1. The Bertz CT molecular complexity index is 971. The molecule has 2 aliphatic heterocycles. The molecule has 3 atom stereocenters. The lowest BCUT2D eigenvalue weighted by atomic mass is 9.68. The van der Waals surface area contributed by atoms with Crippen LogP contribution in [-0.4, -0.2) is 21.8 Å². The average Bonchev–Trinajstić information content (AvgIpc) is 3.00. The molecule has 0 saturated carbocycles. The molecule has 1 aromatic carbocycles. The fourth-order valence-electron chi connectivity index (χ4n) is 4.25. The second kappa shape index (κ2) is 5.72. The van der Waals surface area contributed by atoms with Crippen molar-refractivity contribution in [1.29, 1.82) is 10.5 Å². The minimum Gasteiger partial charge on any atom is -0.368 e. The highest BCUT2D eigenvalue weighted by molar-refractivity contribution is 5.83. The van der Waals surface area contributed by atoms with Gasteiger partial charge in [-0.3, -0.25) is 9.78 Å². The van der Waals surface area contributed by atoms with Gasteiger partial charge in [0.25, 0.3) is 0 Å². The number of nitriles is 2. The summed E-state index contributed by atoms with van der Waals surface area (Å²) in [5.74, 6) is -1.27. The number of rotatable bonds is 2. The van der Waals surface area contributed by atoms with E-state index in [1.54, 1.807) is 35.6 Å². The normalized spacial score (nSPS) is 24.8. The molecule has 1 amide bonds. The third-order valence-electron chi connectivity index (χ3n) is 5.28. The lowest BCUT2D eigenvalue weighted by Crippen LogP contribution is -2.41. The van der Waals surface area contributed by atoms with E-state index in [1.165, 1.54) is 0 Å². The van der Waals surface area contributed by atoms with Crippen molar-refractivity contribution in [3.63, 3.8) is 0 Å². The number of aromatic nitrogens is 1. The molecule has 0 bridgehead atoms. The van der Waals surface area contributed by atoms with Gasteiger partial charge in [0.05, 0.1) is 18.2 Å². The highest BCUT2D eigenvalue weighted by Crippen LogP contribution is 2.59. The predicted molar refractivity (Wildman–Crippen MR) is 93.7 cm³/mol. The molecule has 1 aromatic heterocycles. The summed E-state index contributed by atoms with van der Waals surface area (Å²) >= 11 is 0. The SMILES string of the molecule is N#CC1(C#N)[C@@H]2c3ccccc3C=CN2[C@@H](C(N)=O)[C@@H]1c1cccnc1. The number of amides is 1. The molecule has 0 spiro atoms. The van der Waals surface area contributed by atoms with Gasteiger partial charge < -0.3 is 10.6 Å². The summed E-state index contributed by atoms with van der Waals surface area (Å²) in [7, 11) is 0. The van der Waals surface area contributed by atoms with Gasteiger partial charge >= 0.3 is 0 Å². The fourth-order valence-corrected chi connectivity index (χ4v) is 4.25. The Morgan fingerprint density at radius 2 is 1.96 bits per heavy atom. The molecule has 126 valence electrons. The van der Waals surface area contributed by atoms with Crippen molar-refractivity contribution in [2.45, 2.75) is 18.0 Å². The number of fused-ring (bicyclic) bond motifs is 3. The van der Waals surface area contributed by atoms with Crippen molar-refractivity contribution in [2.75, 3.05) is 0 Å². The Kier molecular flexibility index (Phi) is 3.49. The van der Waals surface area contributed by atoms with Crippen LogP contribution in [0.4, 0.5) is 0 Å². The third-order valence-corrected chi connectivity index (χ3v) is 5.28. The standard InChI is InChI=1S/C20H15N5O/c21-11-20(12-22)16(14-5-3-8-24-10-14)17(19(23)26)25-9-7-13-4-1-2-6-15(13)18(20)25/h1-10,16-18H,(H2,23,26)/t16-,17+,18-/m0/s1. The van der Waals surface area contributed by atoms with Gasteiger partial charge in [0.1, 0.15) is 6.04 Å². The van der Waals surface area contributed by atoms with E-state index in [0.29, 0.717) is 5.56 Å². The van der Waals surface area contributed by atoms with Crippen molar-refractivity contribution in [2.24, 2.45) is 11.1 Å². The first-order valence-electron chi connectivity index (χ1n) is 8.20. The zero-order valence-electron chi connectivity index (χ0n) is 13.8. The van der Waals surface area contributed by atoms with Gasteiger partial charge in [0.15, 0.2) is 5.41 Å². The van der Waals surface area contributed by atoms with Crippen molar-refractivity contribution in [1.82, 2.24) is 9.88 Å². The van der Waals surface area contributed by atoms with Gasteiger partial charge in [-0.15, -0.1) is 0 Å². The van der Waals surface area contributed by atoms with Crippen LogP contribution in [0.15, 0.2) is 55.0 Å². The molecule has 2 N–H and O–H groups in total. The molecule has 0 radical (unpaired) electrons. The second-order valence-corrected chi connectivity index (χ2v) is 6.50. The van der Waals surface area contributed by atoms with Gasteiger partial charge in [0.2, 0.25) is 5.91 Å². The number of hydrogen-bond acceptors (Lipinski definition) is 5. The molecular weight excluding hydrogens is 326 g/mol. The minimum absolute atomic E-state index is 0.569. The van der Waals surface area contributed by atoms with Crippen LogP contribution in [-0.2, 0) is 4.79 Å². The van der Waals surface area contributed by atoms with E-state index in [1.807, 2.05) is 30.3 Å². The van der Waals surface area contributed by atoms with Crippen molar-refractivity contribution < 1.29 is 4.79 Å². The molecule has 2 aliphatic rings. The summed E-state index contributed by atoms with van der Waals surface area (Å²) in [5.41, 5.74) is 6.69. The molecule has 26 heavy (non-hydrogen) atoms. The largest absolute Gasteiger partial charge is 0.368 e. The Hall–Kier alpha value is -3.64. The van der Waals surface area contributed by atoms with Gasteiger partial charge in [-0.1, -0.05) is 30.3 Å². The van der Waals surface area contributed by atoms with Crippen LogP contribution in [0.3, 0.4) is 0 Å². The van der Waals surface area contributed by atoms with Gasteiger partial charge in [0, 0.05) is 24.5 Å². The van der Waals surface area contributed by atoms with E-state index >= 15 is 0 Å². The van der Waals surface area contributed by atoms with E-state index in [9.17, 15) is 15.3 Å². The topological polar surface area (TPSA) is 107 Å². The molecule has 1 fully saturated rings. The third kappa shape index (κ3) is 1.96. The van der Waals surface area contributed by atoms with Gasteiger partial charge in [-0.25, -0.2) is 0 Å². The quantitative estimate of drug-likeness (QED) is 0.900. The van der Waals surface area contributed by atoms with Crippen LogP contribution in [0, 0.1) is 28.1 Å². The van der Waals surface area contributed by atoms with Crippen LogP contribution in [0.1, 0.15) is 28.7 Å². The Labute approximate surface area is 150 Å². The smallest absolute Gasteiger partial charge is 0.240 e. The van der Waals surface area contributed by atoms with Crippen molar-refractivity contribution in [3.8, 4) is 12.1 Å². The number of pyridine rings is 1. The Morgan fingerprint density at radius 3 is 2.62 bits per heavy atom. The number of carbonyl (C=O) groups is 1. The second-order valence-electron chi connectivity index (χ2n) is 6.50. The summed E-state index contributed by atoms with van der Waals surface area (Å²) in [6.45, 7) is 0. The van der Waals surface area contributed by atoms with Crippen LogP contribution in [0.25, 0.3) is 6.08 Å². The highest BCUT2D eigenvalue weighted by atomic mass is 16.1. The Morgan fingerprint density at radius 1 is 1.19 bits per heavy atom. The first-order valence-corrected chi connectivity index (χ1v) is 8.20. The highest BCUT2D eigenvalue weighted by Gasteiger charge is 2.63. The van der Waals surface area contributed by atoms with Crippen molar-refractivity contribution >= 4 is 12.0 Å².